The molecule has 2 N–H and O–H groups in total. The number of hydrogen-bond acceptors (Lipinski definition) is 4. The van der Waals surface area contributed by atoms with Gasteiger partial charge in [-0.1, -0.05) is 37.3 Å². The van der Waals surface area contributed by atoms with Gasteiger partial charge in [-0.25, -0.2) is 14.2 Å². The summed E-state index contributed by atoms with van der Waals surface area (Å²) in [6, 6.07) is 20.0. The van der Waals surface area contributed by atoms with Crippen molar-refractivity contribution in [2.75, 3.05) is 5.32 Å². The molecule has 0 aliphatic carbocycles. The number of carbonyl (C=O) groups excluding carboxylic acids is 2. The van der Waals surface area contributed by atoms with E-state index in [0.717, 1.165) is 11.1 Å². The van der Waals surface area contributed by atoms with E-state index in [0.29, 0.717) is 29.0 Å². The lowest BCUT2D eigenvalue weighted by atomic mass is 10.2. The van der Waals surface area contributed by atoms with Crippen LogP contribution in [0.3, 0.4) is 0 Å². The molecule has 0 fully saturated rings. The van der Waals surface area contributed by atoms with Crippen molar-refractivity contribution in [1.29, 1.82) is 0 Å². The van der Waals surface area contributed by atoms with Crippen LogP contribution < -0.4 is 5.32 Å². The molecule has 1 unspecified atom stereocenters. The molecule has 0 radical (unpaired) electrons. The highest BCUT2D eigenvalue weighted by molar-refractivity contribution is 5.98. The van der Waals surface area contributed by atoms with Crippen molar-refractivity contribution in [2.45, 2.75) is 19.4 Å². The molecular weight excluding hydrogens is 397 g/mol. The lowest BCUT2D eigenvalue weighted by Crippen LogP contribution is -2.32. The van der Waals surface area contributed by atoms with Gasteiger partial charge in [0.15, 0.2) is 6.10 Å². The standard InChI is InChI=1S/C24H20FN3O3/c1-2-21(23(29)26-18-11-9-17(25)10-12-18)31-24(30)16-8-13-19-20(14-16)28-22(27-19)15-6-4-3-5-7-15/h3-14,21H,2H2,1H3,(H,26,29)(H,27,28). The number of halogens is 1. The molecular formula is C24H20FN3O3. The van der Waals surface area contributed by atoms with Gasteiger partial charge in [0.25, 0.3) is 5.91 Å². The number of hydrogen-bond donors (Lipinski definition) is 2. The number of ether oxygens (including phenoxy) is 1. The maximum atomic E-state index is 13.0. The summed E-state index contributed by atoms with van der Waals surface area (Å²) in [5.41, 5.74) is 3.08. The molecule has 0 bridgehead atoms. The SMILES string of the molecule is CCC(OC(=O)c1ccc2nc(-c3ccccc3)[nH]c2c1)C(=O)Nc1ccc(F)cc1. The van der Waals surface area contributed by atoms with E-state index in [1.165, 1.54) is 24.3 Å². The number of imidazole rings is 1. The number of carbonyl (C=O) groups is 2. The zero-order chi connectivity index (χ0) is 21.8. The summed E-state index contributed by atoms with van der Waals surface area (Å²) in [7, 11) is 0. The Morgan fingerprint density at radius 3 is 2.52 bits per heavy atom. The second-order valence-electron chi connectivity index (χ2n) is 6.98. The Morgan fingerprint density at radius 2 is 1.81 bits per heavy atom. The van der Waals surface area contributed by atoms with Gasteiger partial charge in [-0.15, -0.1) is 0 Å². The van der Waals surface area contributed by atoms with Gasteiger partial charge in [0, 0.05) is 11.3 Å². The number of amides is 1. The molecule has 0 saturated heterocycles. The first-order valence-corrected chi connectivity index (χ1v) is 9.86. The molecule has 1 atom stereocenters. The number of benzene rings is 3. The third kappa shape index (κ3) is 4.61. The van der Waals surface area contributed by atoms with Crippen molar-refractivity contribution in [1.82, 2.24) is 9.97 Å². The summed E-state index contributed by atoms with van der Waals surface area (Å²) >= 11 is 0. The van der Waals surface area contributed by atoms with Crippen LogP contribution in [0.15, 0.2) is 72.8 Å². The van der Waals surface area contributed by atoms with E-state index in [1.807, 2.05) is 30.3 Å². The molecule has 7 heteroatoms. The minimum Gasteiger partial charge on any atom is -0.449 e. The van der Waals surface area contributed by atoms with Crippen LogP contribution in [0.4, 0.5) is 10.1 Å². The van der Waals surface area contributed by atoms with Crippen LogP contribution >= 0.6 is 0 Å². The predicted molar refractivity (Wildman–Crippen MR) is 116 cm³/mol. The molecule has 6 nitrogen and oxygen atoms in total. The van der Waals surface area contributed by atoms with Crippen LogP contribution in [0.1, 0.15) is 23.7 Å². The van der Waals surface area contributed by atoms with Crippen LogP contribution in [0.25, 0.3) is 22.4 Å². The molecule has 1 aromatic heterocycles. The van der Waals surface area contributed by atoms with Crippen LogP contribution in [-0.4, -0.2) is 27.9 Å². The van der Waals surface area contributed by atoms with Gasteiger partial charge in [-0.2, -0.15) is 0 Å². The molecule has 31 heavy (non-hydrogen) atoms. The summed E-state index contributed by atoms with van der Waals surface area (Å²) in [5, 5.41) is 2.63. The van der Waals surface area contributed by atoms with E-state index in [9.17, 15) is 14.0 Å². The van der Waals surface area contributed by atoms with E-state index in [4.69, 9.17) is 4.74 Å². The van der Waals surface area contributed by atoms with Crippen molar-refractivity contribution >= 4 is 28.6 Å². The number of fused-ring (bicyclic) bond motifs is 1. The quantitative estimate of drug-likeness (QED) is 0.435. The Bertz CT molecular complexity index is 1220. The number of nitrogens with zero attached hydrogens (tertiary/aromatic N) is 1. The second kappa shape index (κ2) is 8.79. The molecule has 0 spiro atoms. The number of nitrogens with one attached hydrogen (secondary N) is 2. The van der Waals surface area contributed by atoms with Gasteiger partial charge in [0.2, 0.25) is 0 Å². The molecule has 4 aromatic rings. The number of esters is 1. The topological polar surface area (TPSA) is 84.1 Å². The van der Waals surface area contributed by atoms with Crippen molar-refractivity contribution < 1.29 is 18.7 Å². The predicted octanol–water partition coefficient (Wildman–Crippen LogP) is 4.94. The minimum absolute atomic E-state index is 0.295. The molecule has 156 valence electrons. The fourth-order valence-corrected chi connectivity index (χ4v) is 3.14. The Hall–Kier alpha value is -4.00. The first kappa shape index (κ1) is 20.3. The van der Waals surface area contributed by atoms with Crippen LogP contribution in [-0.2, 0) is 9.53 Å². The Balaban J connectivity index is 1.48. The molecule has 3 aromatic carbocycles. The Morgan fingerprint density at radius 1 is 1.06 bits per heavy atom. The van der Waals surface area contributed by atoms with Crippen molar-refractivity contribution in [3.05, 3.63) is 84.2 Å². The van der Waals surface area contributed by atoms with Gasteiger partial charge in [0.05, 0.1) is 16.6 Å². The van der Waals surface area contributed by atoms with Gasteiger partial charge in [-0.05, 0) is 48.9 Å². The van der Waals surface area contributed by atoms with E-state index >= 15 is 0 Å². The summed E-state index contributed by atoms with van der Waals surface area (Å²) in [6.45, 7) is 1.74. The first-order valence-electron chi connectivity index (χ1n) is 9.86. The molecule has 0 aliphatic heterocycles. The summed E-state index contributed by atoms with van der Waals surface area (Å²) in [5.74, 6) is -0.789. The summed E-state index contributed by atoms with van der Waals surface area (Å²) in [4.78, 5) is 32.9. The highest BCUT2D eigenvalue weighted by Crippen LogP contribution is 2.22. The molecule has 1 amide bonds. The molecule has 0 aliphatic rings. The third-order valence-electron chi connectivity index (χ3n) is 4.79. The fraction of sp³-hybridized carbons (Fsp3) is 0.125. The summed E-state index contributed by atoms with van der Waals surface area (Å²) in [6.07, 6.45) is -0.682. The Labute approximate surface area is 178 Å². The van der Waals surface area contributed by atoms with Gasteiger partial charge in [0.1, 0.15) is 11.6 Å². The normalized spacial score (nSPS) is 11.8. The first-order chi connectivity index (χ1) is 15.0. The van der Waals surface area contributed by atoms with E-state index < -0.39 is 23.8 Å². The smallest absolute Gasteiger partial charge is 0.338 e. The van der Waals surface area contributed by atoms with Gasteiger partial charge >= 0.3 is 5.97 Å². The van der Waals surface area contributed by atoms with Gasteiger partial charge < -0.3 is 15.0 Å². The Kier molecular flexibility index (Phi) is 5.75. The zero-order valence-corrected chi connectivity index (χ0v) is 16.8. The number of rotatable bonds is 6. The number of anilines is 1. The maximum Gasteiger partial charge on any atom is 0.338 e. The van der Waals surface area contributed by atoms with E-state index in [2.05, 4.69) is 15.3 Å². The minimum atomic E-state index is -0.977. The van der Waals surface area contributed by atoms with Crippen LogP contribution in [0.5, 0.6) is 0 Å². The summed E-state index contributed by atoms with van der Waals surface area (Å²) < 4.78 is 18.5. The lowest BCUT2D eigenvalue weighted by Gasteiger charge is -2.16. The number of aromatic amines is 1. The van der Waals surface area contributed by atoms with Crippen LogP contribution in [0, 0.1) is 5.82 Å². The van der Waals surface area contributed by atoms with Crippen molar-refractivity contribution in [3.63, 3.8) is 0 Å². The molecule has 1 heterocycles. The van der Waals surface area contributed by atoms with E-state index in [1.54, 1.807) is 25.1 Å². The highest BCUT2D eigenvalue weighted by atomic mass is 19.1. The van der Waals surface area contributed by atoms with E-state index in [-0.39, 0.29) is 0 Å². The number of aromatic nitrogens is 2. The fourth-order valence-electron chi connectivity index (χ4n) is 3.14. The number of H-pyrrole nitrogens is 1. The van der Waals surface area contributed by atoms with Crippen LogP contribution in [0.2, 0.25) is 0 Å². The van der Waals surface area contributed by atoms with Crippen molar-refractivity contribution in [2.24, 2.45) is 0 Å². The van der Waals surface area contributed by atoms with Crippen molar-refractivity contribution in [3.8, 4) is 11.4 Å². The lowest BCUT2D eigenvalue weighted by molar-refractivity contribution is -0.124. The largest absolute Gasteiger partial charge is 0.449 e. The third-order valence-corrected chi connectivity index (χ3v) is 4.79. The molecule has 4 rings (SSSR count). The zero-order valence-electron chi connectivity index (χ0n) is 16.8. The molecule has 0 saturated carbocycles. The average molecular weight is 417 g/mol. The highest BCUT2D eigenvalue weighted by Gasteiger charge is 2.22. The second-order valence-corrected chi connectivity index (χ2v) is 6.98. The average Bonchev–Trinajstić information content (AvgIpc) is 3.23. The van der Waals surface area contributed by atoms with Gasteiger partial charge in [-0.3, -0.25) is 4.79 Å². The maximum absolute atomic E-state index is 13.0. The monoisotopic (exact) mass is 417 g/mol.